The van der Waals surface area contributed by atoms with Gasteiger partial charge in [0.25, 0.3) is 0 Å². The van der Waals surface area contributed by atoms with Gasteiger partial charge in [0.15, 0.2) is 5.82 Å². The molecule has 0 unspecified atom stereocenters. The lowest BCUT2D eigenvalue weighted by Gasteiger charge is -2.20. The van der Waals surface area contributed by atoms with Crippen molar-refractivity contribution in [3.8, 4) is 0 Å². The highest BCUT2D eigenvalue weighted by atomic mass is 16.5. The van der Waals surface area contributed by atoms with Gasteiger partial charge in [0, 0.05) is 11.0 Å². The first-order valence-corrected chi connectivity index (χ1v) is 6.59. The number of carbonyl (C=O) groups excluding carboxylic acids is 2. The van der Waals surface area contributed by atoms with Crippen LogP contribution in [-0.4, -0.2) is 27.2 Å². The molecule has 0 aromatic carbocycles. The van der Waals surface area contributed by atoms with Crippen molar-refractivity contribution in [2.24, 2.45) is 0 Å². The molecule has 0 aliphatic rings. The summed E-state index contributed by atoms with van der Waals surface area (Å²) in [6.07, 6.45) is 0. The average Bonchev–Trinajstić information content (AvgIpc) is 2.56. The number of amides is 3. The zero-order chi connectivity index (χ0) is 16.4. The van der Waals surface area contributed by atoms with Crippen molar-refractivity contribution in [1.82, 2.24) is 20.4 Å². The van der Waals surface area contributed by atoms with E-state index >= 15 is 0 Å². The molecule has 1 rings (SSSR count). The van der Waals surface area contributed by atoms with E-state index in [0.717, 1.165) is 4.57 Å². The van der Waals surface area contributed by atoms with E-state index in [1.54, 1.807) is 20.8 Å². The van der Waals surface area contributed by atoms with E-state index in [9.17, 15) is 14.4 Å². The first-order chi connectivity index (χ1) is 9.40. The number of hydrogen-bond donors (Lipinski definition) is 2. The van der Waals surface area contributed by atoms with E-state index in [1.165, 1.54) is 0 Å². The van der Waals surface area contributed by atoms with E-state index in [4.69, 9.17) is 0 Å². The van der Waals surface area contributed by atoms with Crippen molar-refractivity contribution in [2.45, 2.75) is 59.0 Å². The summed E-state index contributed by atoms with van der Waals surface area (Å²) in [5.74, 6) is -1.00. The highest BCUT2D eigenvalue weighted by Crippen LogP contribution is 2.18. The quantitative estimate of drug-likeness (QED) is 0.838. The molecule has 0 saturated heterocycles. The number of hydrogen-bond acceptors (Lipinski definition) is 5. The molecular formula is C13H22N4O4. The Morgan fingerprint density at radius 1 is 1.19 bits per heavy atom. The number of carbonyl (C=O) groups is 2. The summed E-state index contributed by atoms with van der Waals surface area (Å²) in [4.78, 5) is 35.0. The zero-order valence-corrected chi connectivity index (χ0v) is 13.2. The van der Waals surface area contributed by atoms with Crippen LogP contribution in [-0.2, 0) is 16.8 Å². The minimum absolute atomic E-state index is 0.327. The van der Waals surface area contributed by atoms with Gasteiger partial charge in [-0.3, -0.25) is 19.2 Å². The first kappa shape index (κ1) is 16.9. The van der Waals surface area contributed by atoms with Gasteiger partial charge in [-0.1, -0.05) is 25.9 Å². The van der Waals surface area contributed by atoms with E-state index in [1.807, 2.05) is 20.8 Å². The molecule has 0 radical (unpaired) electrons. The normalized spacial score (nSPS) is 12.1. The molecule has 0 fully saturated rings. The largest absolute Gasteiger partial charge is 0.442 e. The van der Waals surface area contributed by atoms with Gasteiger partial charge in [-0.05, 0) is 20.8 Å². The van der Waals surface area contributed by atoms with Gasteiger partial charge in [-0.2, -0.15) is 0 Å². The molecule has 1 heterocycles. The smallest absolute Gasteiger partial charge is 0.333 e. The Labute approximate surface area is 122 Å². The molecule has 118 valence electrons. The molecule has 0 spiro atoms. The molecule has 0 aliphatic heterocycles. The Bertz CT molecular complexity index is 587. The van der Waals surface area contributed by atoms with Crippen LogP contribution >= 0.6 is 0 Å². The maximum Gasteiger partial charge on any atom is 0.442 e. The zero-order valence-electron chi connectivity index (χ0n) is 13.2. The van der Waals surface area contributed by atoms with Crippen molar-refractivity contribution >= 4 is 11.9 Å². The summed E-state index contributed by atoms with van der Waals surface area (Å²) >= 11 is 0. The monoisotopic (exact) mass is 298 g/mol. The predicted octanol–water partition coefficient (Wildman–Crippen LogP) is 0.758. The van der Waals surface area contributed by atoms with Crippen LogP contribution in [0, 0.1) is 0 Å². The van der Waals surface area contributed by atoms with Crippen molar-refractivity contribution < 1.29 is 14.1 Å². The number of nitrogens with one attached hydrogen (secondary N) is 2. The van der Waals surface area contributed by atoms with E-state index in [2.05, 4.69) is 20.3 Å². The van der Waals surface area contributed by atoms with Crippen LogP contribution < -0.4 is 16.4 Å². The first-order valence-electron chi connectivity index (χ1n) is 6.59. The minimum atomic E-state index is -0.730. The van der Waals surface area contributed by atoms with Crippen LogP contribution in [0.1, 0.15) is 47.4 Å². The molecule has 8 heteroatoms. The lowest BCUT2D eigenvalue weighted by Crippen LogP contribution is -2.49. The fourth-order valence-electron chi connectivity index (χ4n) is 1.63. The van der Waals surface area contributed by atoms with Gasteiger partial charge in [0.2, 0.25) is 5.91 Å². The molecule has 8 nitrogen and oxygen atoms in total. The molecule has 0 aliphatic carbocycles. The molecule has 0 bridgehead atoms. The summed E-state index contributed by atoms with van der Waals surface area (Å²) in [6.45, 7) is 10.6. The lowest BCUT2D eigenvalue weighted by atomic mass is 9.96. The van der Waals surface area contributed by atoms with Crippen LogP contribution in [0.25, 0.3) is 0 Å². The molecule has 3 amide bonds. The maximum atomic E-state index is 11.8. The maximum absolute atomic E-state index is 11.8. The van der Waals surface area contributed by atoms with Crippen LogP contribution in [0.2, 0.25) is 0 Å². The molecular weight excluding hydrogens is 276 g/mol. The second kappa shape index (κ2) is 5.71. The molecule has 0 atom stereocenters. The van der Waals surface area contributed by atoms with Crippen molar-refractivity contribution in [2.75, 3.05) is 0 Å². The Hall–Kier alpha value is -2.12. The van der Waals surface area contributed by atoms with Gasteiger partial charge in [-0.15, -0.1) is 0 Å². The molecule has 1 aromatic heterocycles. The van der Waals surface area contributed by atoms with Gasteiger partial charge in [-0.25, -0.2) is 9.59 Å². The van der Waals surface area contributed by atoms with Gasteiger partial charge < -0.3 is 5.32 Å². The van der Waals surface area contributed by atoms with Crippen molar-refractivity contribution in [3.05, 3.63) is 16.4 Å². The predicted molar refractivity (Wildman–Crippen MR) is 75.9 cm³/mol. The third kappa shape index (κ3) is 5.05. The lowest BCUT2D eigenvalue weighted by molar-refractivity contribution is -0.120. The van der Waals surface area contributed by atoms with Gasteiger partial charge in [0.05, 0.1) is 0 Å². The second-order valence-corrected chi connectivity index (χ2v) is 6.86. The fraction of sp³-hybridized carbons (Fsp3) is 0.692. The Balaban J connectivity index is 2.79. The minimum Gasteiger partial charge on any atom is -0.333 e. The van der Waals surface area contributed by atoms with E-state index in [-0.39, 0.29) is 6.54 Å². The van der Waals surface area contributed by atoms with Crippen LogP contribution in [0.4, 0.5) is 4.79 Å². The van der Waals surface area contributed by atoms with E-state index in [0.29, 0.717) is 5.82 Å². The number of nitrogens with zero attached hydrogens (tertiary/aromatic N) is 2. The number of aromatic nitrogens is 2. The van der Waals surface area contributed by atoms with Crippen LogP contribution in [0.3, 0.4) is 0 Å². The average molecular weight is 298 g/mol. The Kier molecular flexibility index (Phi) is 4.60. The van der Waals surface area contributed by atoms with Crippen molar-refractivity contribution in [1.29, 1.82) is 0 Å². The van der Waals surface area contributed by atoms with Crippen molar-refractivity contribution in [3.63, 3.8) is 0 Å². The van der Waals surface area contributed by atoms with Gasteiger partial charge in [0.1, 0.15) is 6.54 Å². The molecule has 2 N–H and O–H groups in total. The van der Waals surface area contributed by atoms with Crippen LogP contribution in [0.15, 0.2) is 9.32 Å². The number of urea groups is 1. The summed E-state index contributed by atoms with van der Waals surface area (Å²) < 4.78 is 5.70. The Morgan fingerprint density at radius 2 is 1.76 bits per heavy atom. The summed E-state index contributed by atoms with van der Waals surface area (Å²) in [5, 5.41) is 8.43. The molecule has 0 saturated carbocycles. The SMILES string of the molecule is CC(C)(C)NC(=O)NC(=O)Cn1c(C(C)(C)C)noc1=O. The summed E-state index contributed by atoms with van der Waals surface area (Å²) in [7, 11) is 0. The number of rotatable bonds is 2. The molecule has 1 aromatic rings. The Morgan fingerprint density at radius 3 is 2.24 bits per heavy atom. The topological polar surface area (TPSA) is 106 Å². The highest BCUT2D eigenvalue weighted by Gasteiger charge is 2.25. The second-order valence-electron chi connectivity index (χ2n) is 6.86. The standard InChI is InChI=1S/C13H22N4O4/c1-12(2,3)9-16-21-11(20)17(9)7-8(18)14-10(19)15-13(4,5)6/h7H2,1-6H3,(H2,14,15,18,19). The number of imide groups is 1. The summed E-state index contributed by atoms with van der Waals surface area (Å²) in [5.41, 5.74) is -0.922. The summed E-state index contributed by atoms with van der Waals surface area (Å²) in [6, 6.07) is -0.616. The third-order valence-corrected chi connectivity index (χ3v) is 2.40. The van der Waals surface area contributed by atoms with Gasteiger partial charge >= 0.3 is 11.8 Å². The fourth-order valence-corrected chi connectivity index (χ4v) is 1.63. The van der Waals surface area contributed by atoms with Crippen LogP contribution in [0.5, 0.6) is 0 Å². The highest BCUT2D eigenvalue weighted by molar-refractivity contribution is 5.94. The molecule has 21 heavy (non-hydrogen) atoms. The van der Waals surface area contributed by atoms with E-state index < -0.39 is 28.6 Å². The third-order valence-electron chi connectivity index (χ3n) is 2.40.